The minimum atomic E-state index is -0.0171. The van der Waals surface area contributed by atoms with Crippen LogP contribution in [0.4, 0.5) is 0 Å². The van der Waals surface area contributed by atoms with Crippen LogP contribution in [-0.4, -0.2) is 32.5 Å². The van der Waals surface area contributed by atoms with E-state index in [0.717, 1.165) is 33.6 Å². The summed E-state index contributed by atoms with van der Waals surface area (Å²) in [4.78, 5) is 31.9. The summed E-state index contributed by atoms with van der Waals surface area (Å²) < 4.78 is 1.85. The van der Waals surface area contributed by atoms with Crippen LogP contribution < -0.4 is 0 Å². The van der Waals surface area contributed by atoms with Crippen molar-refractivity contribution >= 4 is 28.7 Å². The van der Waals surface area contributed by atoms with Gasteiger partial charge in [-0.2, -0.15) is 0 Å². The Balaban J connectivity index is 1.65. The van der Waals surface area contributed by atoms with Gasteiger partial charge in [-0.25, -0.2) is 4.98 Å². The van der Waals surface area contributed by atoms with Gasteiger partial charge in [-0.15, -0.1) is 11.3 Å². The topological polar surface area (TPSA) is 54.7 Å². The summed E-state index contributed by atoms with van der Waals surface area (Å²) >= 11 is 1.57. The molecule has 1 amide bonds. The molecule has 1 aliphatic rings. The molecule has 3 aromatic heterocycles. The summed E-state index contributed by atoms with van der Waals surface area (Å²) in [7, 11) is 0. The first-order valence-electron chi connectivity index (χ1n) is 7.88. The number of hydrogen-bond donors (Lipinski definition) is 0. The predicted molar refractivity (Wildman–Crippen MR) is 92.7 cm³/mol. The molecule has 0 unspecified atom stereocenters. The number of nitrogens with zero attached hydrogens (tertiary/aromatic N) is 3. The maximum Gasteiger partial charge on any atom is 0.272 e. The molecule has 5 nitrogen and oxygen atoms in total. The van der Waals surface area contributed by atoms with E-state index in [1.54, 1.807) is 24.5 Å². The average Bonchev–Trinajstić information content (AvgIpc) is 3.17. The van der Waals surface area contributed by atoms with Gasteiger partial charge in [0.15, 0.2) is 5.78 Å². The molecule has 0 saturated heterocycles. The first kappa shape index (κ1) is 15.1. The molecule has 0 radical (unpaired) electrons. The third-order valence-corrected chi connectivity index (χ3v) is 5.50. The molecule has 24 heavy (non-hydrogen) atoms. The molecule has 1 aliphatic heterocycles. The fourth-order valence-electron chi connectivity index (χ4n) is 3.20. The molecule has 4 rings (SSSR count). The number of amides is 1. The van der Waals surface area contributed by atoms with Gasteiger partial charge in [0.1, 0.15) is 11.3 Å². The van der Waals surface area contributed by atoms with Crippen molar-refractivity contribution < 1.29 is 9.59 Å². The average molecular weight is 339 g/mol. The van der Waals surface area contributed by atoms with Gasteiger partial charge in [-0.3, -0.25) is 14.0 Å². The standard InChI is InChI=1S/C18H17N3O2S/c1-11-3-4-17-19-7-15(21(17)8-11)18(23)20-6-5-13-14(12(2)22)10-24-16(13)9-20/h3-4,7-8,10H,5-6,9H2,1-2H3. The number of carbonyl (C=O) groups is 2. The van der Waals surface area contributed by atoms with Crippen molar-refractivity contribution in [2.75, 3.05) is 6.54 Å². The lowest BCUT2D eigenvalue weighted by atomic mass is 10.0. The number of rotatable bonds is 2. The number of aryl methyl sites for hydroxylation is 1. The Labute approximate surface area is 143 Å². The third-order valence-electron chi connectivity index (χ3n) is 4.49. The second-order valence-electron chi connectivity index (χ2n) is 6.16. The zero-order chi connectivity index (χ0) is 16.8. The van der Waals surface area contributed by atoms with Crippen molar-refractivity contribution in [2.45, 2.75) is 26.8 Å². The fourth-order valence-corrected chi connectivity index (χ4v) is 4.36. The summed E-state index contributed by atoms with van der Waals surface area (Å²) in [5.41, 5.74) is 4.37. The Bertz CT molecular complexity index is 970. The van der Waals surface area contributed by atoms with Crippen LogP contribution >= 0.6 is 11.3 Å². The Morgan fingerprint density at radius 1 is 1.29 bits per heavy atom. The highest BCUT2D eigenvalue weighted by Crippen LogP contribution is 2.29. The van der Waals surface area contributed by atoms with Crippen LogP contribution in [0, 0.1) is 6.92 Å². The van der Waals surface area contributed by atoms with Gasteiger partial charge in [0.25, 0.3) is 5.91 Å². The highest BCUT2D eigenvalue weighted by Gasteiger charge is 2.27. The van der Waals surface area contributed by atoms with E-state index >= 15 is 0 Å². The Morgan fingerprint density at radius 2 is 2.12 bits per heavy atom. The second kappa shape index (κ2) is 5.56. The quantitative estimate of drug-likeness (QED) is 0.674. The molecule has 6 heteroatoms. The van der Waals surface area contributed by atoms with E-state index in [-0.39, 0.29) is 11.7 Å². The number of hydrogen-bond acceptors (Lipinski definition) is 4. The van der Waals surface area contributed by atoms with E-state index < -0.39 is 0 Å². The molecular weight excluding hydrogens is 322 g/mol. The smallest absolute Gasteiger partial charge is 0.272 e. The number of Topliss-reactive ketones (excluding diaryl/α,β-unsaturated/α-hetero) is 1. The second-order valence-corrected chi connectivity index (χ2v) is 7.13. The molecule has 0 spiro atoms. The number of fused-ring (bicyclic) bond motifs is 2. The molecular formula is C18H17N3O2S. The van der Waals surface area contributed by atoms with Gasteiger partial charge in [0.2, 0.25) is 0 Å². The predicted octanol–water partition coefficient (Wildman–Crippen LogP) is 3.11. The molecule has 4 heterocycles. The Morgan fingerprint density at radius 3 is 2.92 bits per heavy atom. The van der Waals surface area contributed by atoms with Crippen molar-refractivity contribution in [3.63, 3.8) is 0 Å². The SMILES string of the molecule is CC(=O)c1csc2c1CCN(C(=O)c1cnc3ccc(C)cn13)C2. The van der Waals surface area contributed by atoms with E-state index in [1.807, 2.05) is 39.9 Å². The number of pyridine rings is 1. The highest BCUT2D eigenvalue weighted by atomic mass is 32.1. The van der Waals surface area contributed by atoms with Crippen LogP contribution in [-0.2, 0) is 13.0 Å². The molecule has 122 valence electrons. The van der Waals surface area contributed by atoms with Crippen molar-refractivity contribution in [2.24, 2.45) is 0 Å². The lowest BCUT2D eigenvalue weighted by Crippen LogP contribution is -2.36. The third kappa shape index (κ3) is 2.34. The molecule has 3 aromatic rings. The first-order chi connectivity index (χ1) is 11.5. The van der Waals surface area contributed by atoms with Crippen molar-refractivity contribution in [3.05, 3.63) is 57.2 Å². The zero-order valence-electron chi connectivity index (χ0n) is 13.6. The van der Waals surface area contributed by atoms with Crippen molar-refractivity contribution in [3.8, 4) is 0 Å². The van der Waals surface area contributed by atoms with Gasteiger partial charge in [0.05, 0.1) is 12.7 Å². The van der Waals surface area contributed by atoms with E-state index in [2.05, 4.69) is 4.98 Å². The van der Waals surface area contributed by atoms with Gasteiger partial charge >= 0.3 is 0 Å². The van der Waals surface area contributed by atoms with Gasteiger partial charge in [0, 0.05) is 28.6 Å². The van der Waals surface area contributed by atoms with Gasteiger partial charge in [-0.05, 0) is 37.5 Å². The number of thiophene rings is 1. The molecule has 0 bridgehead atoms. The van der Waals surface area contributed by atoms with Crippen LogP contribution in [0.1, 0.15) is 43.8 Å². The first-order valence-corrected chi connectivity index (χ1v) is 8.75. The molecule has 0 fully saturated rings. The van der Waals surface area contributed by atoms with E-state index in [1.165, 1.54) is 0 Å². The number of carbonyl (C=O) groups excluding carboxylic acids is 2. The summed E-state index contributed by atoms with van der Waals surface area (Å²) in [6.07, 6.45) is 4.31. The largest absolute Gasteiger partial charge is 0.332 e. The molecule has 0 saturated carbocycles. The summed E-state index contributed by atoms with van der Waals surface area (Å²) in [5.74, 6) is 0.0843. The van der Waals surface area contributed by atoms with E-state index in [0.29, 0.717) is 18.8 Å². The summed E-state index contributed by atoms with van der Waals surface area (Å²) in [6.45, 7) is 4.78. The maximum atomic E-state index is 12.9. The fraction of sp³-hybridized carbons (Fsp3) is 0.278. The van der Waals surface area contributed by atoms with Crippen LogP contribution in [0.5, 0.6) is 0 Å². The van der Waals surface area contributed by atoms with Crippen molar-refractivity contribution in [1.29, 1.82) is 0 Å². The number of imidazole rings is 1. The number of ketones is 1. The highest BCUT2D eigenvalue weighted by molar-refractivity contribution is 7.10. The normalized spacial score (nSPS) is 14.0. The molecule has 0 atom stereocenters. The van der Waals surface area contributed by atoms with Gasteiger partial charge in [-0.1, -0.05) is 6.07 Å². The lowest BCUT2D eigenvalue weighted by Gasteiger charge is -2.27. The molecule has 0 aliphatic carbocycles. The van der Waals surface area contributed by atoms with E-state index in [4.69, 9.17) is 0 Å². The monoisotopic (exact) mass is 339 g/mol. The lowest BCUT2D eigenvalue weighted by molar-refractivity contribution is 0.0730. The zero-order valence-corrected chi connectivity index (χ0v) is 14.4. The molecule has 0 aromatic carbocycles. The number of aromatic nitrogens is 2. The molecule has 0 N–H and O–H groups in total. The Kier molecular flexibility index (Phi) is 3.49. The van der Waals surface area contributed by atoms with Crippen LogP contribution in [0.2, 0.25) is 0 Å². The Hall–Kier alpha value is -2.47. The minimum absolute atomic E-state index is 0.0171. The van der Waals surface area contributed by atoms with Crippen molar-refractivity contribution in [1.82, 2.24) is 14.3 Å². The minimum Gasteiger partial charge on any atom is -0.332 e. The van der Waals surface area contributed by atoms with Gasteiger partial charge < -0.3 is 4.90 Å². The summed E-state index contributed by atoms with van der Waals surface area (Å²) in [5, 5.41) is 1.92. The van der Waals surface area contributed by atoms with E-state index in [9.17, 15) is 9.59 Å². The van der Waals surface area contributed by atoms with Crippen LogP contribution in [0.3, 0.4) is 0 Å². The van der Waals surface area contributed by atoms with Crippen LogP contribution in [0.25, 0.3) is 5.65 Å². The maximum absolute atomic E-state index is 12.9. The van der Waals surface area contributed by atoms with Crippen LogP contribution in [0.15, 0.2) is 29.9 Å². The summed E-state index contributed by atoms with van der Waals surface area (Å²) in [6, 6.07) is 3.90.